The van der Waals surface area contributed by atoms with Gasteiger partial charge in [0.15, 0.2) is 0 Å². The third-order valence-corrected chi connectivity index (χ3v) is 1.44. The largest absolute Gasteiger partial charge is 0.370 e. The SMILES string of the molecule is CN(C)C(CN)CC(N)=O. The Morgan fingerprint density at radius 1 is 1.60 bits per heavy atom. The van der Waals surface area contributed by atoms with Gasteiger partial charge < -0.3 is 16.4 Å². The van der Waals surface area contributed by atoms with E-state index in [1.165, 1.54) is 0 Å². The van der Waals surface area contributed by atoms with E-state index in [0.717, 1.165) is 0 Å². The van der Waals surface area contributed by atoms with E-state index in [-0.39, 0.29) is 11.9 Å². The number of likely N-dealkylation sites (N-methyl/N-ethyl adjacent to an activating group) is 1. The highest BCUT2D eigenvalue weighted by molar-refractivity contribution is 5.74. The van der Waals surface area contributed by atoms with E-state index in [9.17, 15) is 4.79 Å². The topological polar surface area (TPSA) is 72.3 Å². The van der Waals surface area contributed by atoms with Crippen molar-refractivity contribution in [2.75, 3.05) is 20.6 Å². The highest BCUT2D eigenvalue weighted by Gasteiger charge is 2.10. The number of carbonyl (C=O) groups excluding carboxylic acids is 1. The summed E-state index contributed by atoms with van der Waals surface area (Å²) in [5.41, 5.74) is 10.4. The third kappa shape index (κ3) is 3.42. The van der Waals surface area contributed by atoms with Gasteiger partial charge in [-0.3, -0.25) is 4.79 Å². The highest BCUT2D eigenvalue weighted by Crippen LogP contribution is 1.95. The Morgan fingerprint density at radius 2 is 2.10 bits per heavy atom. The third-order valence-electron chi connectivity index (χ3n) is 1.44. The fourth-order valence-electron chi connectivity index (χ4n) is 0.709. The van der Waals surface area contributed by atoms with Crippen LogP contribution in [0.5, 0.6) is 0 Å². The number of hydrogen-bond acceptors (Lipinski definition) is 3. The Labute approximate surface area is 61.2 Å². The van der Waals surface area contributed by atoms with Crippen LogP contribution >= 0.6 is 0 Å². The smallest absolute Gasteiger partial charge is 0.219 e. The summed E-state index contributed by atoms with van der Waals surface area (Å²) in [6, 6.07) is 0.0810. The molecule has 0 aromatic carbocycles. The van der Waals surface area contributed by atoms with Gasteiger partial charge in [0.05, 0.1) is 0 Å². The maximum atomic E-state index is 10.4. The van der Waals surface area contributed by atoms with E-state index in [2.05, 4.69) is 0 Å². The van der Waals surface area contributed by atoms with Gasteiger partial charge in [-0.25, -0.2) is 0 Å². The van der Waals surface area contributed by atoms with E-state index < -0.39 is 0 Å². The van der Waals surface area contributed by atoms with Crippen LogP contribution in [-0.4, -0.2) is 37.5 Å². The molecule has 0 fully saturated rings. The maximum Gasteiger partial charge on any atom is 0.219 e. The van der Waals surface area contributed by atoms with Crippen molar-refractivity contribution in [2.45, 2.75) is 12.5 Å². The zero-order valence-corrected chi connectivity index (χ0v) is 6.50. The molecule has 0 bridgehead atoms. The average molecular weight is 145 g/mol. The number of primary amides is 1. The van der Waals surface area contributed by atoms with E-state index in [0.29, 0.717) is 13.0 Å². The number of amides is 1. The van der Waals surface area contributed by atoms with Gasteiger partial charge in [0, 0.05) is 19.0 Å². The first-order chi connectivity index (χ1) is 4.57. The standard InChI is InChI=1S/C6H15N3O/c1-9(2)5(4-7)3-6(8)10/h5H,3-4,7H2,1-2H3,(H2,8,10). The van der Waals surface area contributed by atoms with Crippen molar-refractivity contribution in [1.82, 2.24) is 4.90 Å². The van der Waals surface area contributed by atoms with Crippen LogP contribution in [0.4, 0.5) is 0 Å². The Bertz CT molecular complexity index is 114. The average Bonchev–Trinajstić information content (AvgIpc) is 1.81. The number of hydrogen-bond donors (Lipinski definition) is 2. The predicted octanol–water partition coefficient (Wildman–Crippen LogP) is -1.25. The first kappa shape index (κ1) is 9.39. The van der Waals surface area contributed by atoms with Crippen molar-refractivity contribution < 1.29 is 4.79 Å². The summed E-state index contributed by atoms with van der Waals surface area (Å²) in [5.74, 6) is -0.302. The lowest BCUT2D eigenvalue weighted by Gasteiger charge is -2.20. The summed E-state index contributed by atoms with van der Waals surface area (Å²) in [6.07, 6.45) is 0.337. The van der Waals surface area contributed by atoms with E-state index >= 15 is 0 Å². The fraction of sp³-hybridized carbons (Fsp3) is 0.833. The second-order valence-corrected chi connectivity index (χ2v) is 2.52. The highest BCUT2D eigenvalue weighted by atomic mass is 16.1. The molecule has 0 rings (SSSR count). The van der Waals surface area contributed by atoms with Gasteiger partial charge in [-0.2, -0.15) is 0 Å². The monoisotopic (exact) mass is 145 g/mol. The number of nitrogens with zero attached hydrogens (tertiary/aromatic N) is 1. The Balaban J connectivity index is 3.71. The minimum absolute atomic E-state index is 0.0810. The molecule has 0 saturated carbocycles. The molecule has 1 atom stereocenters. The quantitative estimate of drug-likeness (QED) is 0.519. The summed E-state index contributed by atoms with van der Waals surface area (Å²) in [6.45, 7) is 0.468. The normalized spacial score (nSPS) is 13.6. The molecule has 1 amide bonds. The number of nitrogens with two attached hydrogens (primary N) is 2. The zero-order valence-electron chi connectivity index (χ0n) is 6.50. The van der Waals surface area contributed by atoms with Gasteiger partial charge in [0.25, 0.3) is 0 Å². The zero-order chi connectivity index (χ0) is 8.15. The van der Waals surface area contributed by atoms with Gasteiger partial charge in [0.2, 0.25) is 5.91 Å². The minimum atomic E-state index is -0.302. The van der Waals surface area contributed by atoms with Crippen LogP contribution in [0.15, 0.2) is 0 Å². The second-order valence-electron chi connectivity index (χ2n) is 2.52. The summed E-state index contributed by atoms with van der Waals surface area (Å²) < 4.78 is 0. The summed E-state index contributed by atoms with van der Waals surface area (Å²) in [7, 11) is 3.75. The summed E-state index contributed by atoms with van der Waals surface area (Å²) in [4.78, 5) is 12.3. The molecule has 4 N–H and O–H groups in total. The molecule has 0 aromatic heterocycles. The molecule has 0 saturated heterocycles. The van der Waals surface area contributed by atoms with Crippen LogP contribution in [0.2, 0.25) is 0 Å². The molecule has 1 unspecified atom stereocenters. The molecule has 0 aliphatic carbocycles. The van der Waals surface area contributed by atoms with Crippen LogP contribution in [-0.2, 0) is 4.79 Å². The van der Waals surface area contributed by atoms with E-state index in [1.54, 1.807) is 0 Å². The molecule has 0 heterocycles. The number of rotatable bonds is 4. The molecular formula is C6H15N3O. The molecule has 0 aromatic rings. The lowest BCUT2D eigenvalue weighted by molar-refractivity contribution is -0.119. The molecule has 0 aliphatic rings. The number of carbonyl (C=O) groups is 1. The molecule has 0 spiro atoms. The van der Waals surface area contributed by atoms with Crippen molar-refractivity contribution in [3.63, 3.8) is 0 Å². The van der Waals surface area contributed by atoms with Crippen LogP contribution in [0.25, 0.3) is 0 Å². The van der Waals surface area contributed by atoms with Crippen molar-refractivity contribution in [3.05, 3.63) is 0 Å². The van der Waals surface area contributed by atoms with Gasteiger partial charge in [0.1, 0.15) is 0 Å². The first-order valence-corrected chi connectivity index (χ1v) is 3.22. The van der Waals surface area contributed by atoms with Gasteiger partial charge in [-0.15, -0.1) is 0 Å². The second kappa shape index (κ2) is 4.24. The fourth-order valence-corrected chi connectivity index (χ4v) is 0.709. The molecule has 10 heavy (non-hydrogen) atoms. The van der Waals surface area contributed by atoms with Crippen molar-refractivity contribution in [2.24, 2.45) is 11.5 Å². The summed E-state index contributed by atoms with van der Waals surface area (Å²) in [5, 5.41) is 0. The van der Waals surface area contributed by atoms with Gasteiger partial charge >= 0.3 is 0 Å². The van der Waals surface area contributed by atoms with Gasteiger partial charge in [-0.1, -0.05) is 0 Å². The predicted molar refractivity (Wildman–Crippen MR) is 40.3 cm³/mol. The van der Waals surface area contributed by atoms with E-state index in [4.69, 9.17) is 11.5 Å². The van der Waals surface area contributed by atoms with Crippen LogP contribution in [0.3, 0.4) is 0 Å². The molecule has 4 nitrogen and oxygen atoms in total. The first-order valence-electron chi connectivity index (χ1n) is 3.22. The molecule has 0 aliphatic heterocycles. The minimum Gasteiger partial charge on any atom is -0.370 e. The Kier molecular flexibility index (Phi) is 3.99. The van der Waals surface area contributed by atoms with Crippen molar-refractivity contribution in [3.8, 4) is 0 Å². The van der Waals surface area contributed by atoms with Crippen LogP contribution in [0.1, 0.15) is 6.42 Å². The Morgan fingerprint density at radius 3 is 2.20 bits per heavy atom. The summed E-state index contributed by atoms with van der Waals surface area (Å²) >= 11 is 0. The van der Waals surface area contributed by atoms with Crippen LogP contribution < -0.4 is 11.5 Å². The molecule has 4 heteroatoms. The Hall–Kier alpha value is -0.610. The maximum absolute atomic E-state index is 10.4. The van der Waals surface area contributed by atoms with Gasteiger partial charge in [-0.05, 0) is 14.1 Å². The molecule has 60 valence electrons. The lowest BCUT2D eigenvalue weighted by atomic mass is 10.2. The van der Waals surface area contributed by atoms with E-state index in [1.807, 2.05) is 19.0 Å². The molecular weight excluding hydrogens is 130 g/mol. The lowest BCUT2D eigenvalue weighted by Crippen LogP contribution is -2.38. The van der Waals surface area contributed by atoms with Crippen molar-refractivity contribution >= 4 is 5.91 Å². The van der Waals surface area contributed by atoms with Crippen LogP contribution in [0, 0.1) is 0 Å². The van der Waals surface area contributed by atoms with Crippen molar-refractivity contribution in [1.29, 1.82) is 0 Å². The molecule has 0 radical (unpaired) electrons.